The quantitative estimate of drug-likeness (QED) is 0.846. The summed E-state index contributed by atoms with van der Waals surface area (Å²) >= 11 is 9.28. The van der Waals surface area contributed by atoms with Crippen LogP contribution in [0.2, 0.25) is 5.02 Å². The number of hydrogen-bond donors (Lipinski definition) is 0. The van der Waals surface area contributed by atoms with Gasteiger partial charge in [-0.25, -0.2) is 4.39 Å². The van der Waals surface area contributed by atoms with E-state index in [-0.39, 0.29) is 12.4 Å². The molecule has 5 heteroatoms. The lowest BCUT2D eigenvalue weighted by molar-refractivity contribution is 0.305. The second-order valence-corrected chi connectivity index (χ2v) is 4.70. The number of pyridine rings is 1. The van der Waals surface area contributed by atoms with Crippen LogP contribution >= 0.6 is 27.5 Å². The van der Waals surface area contributed by atoms with Gasteiger partial charge in [0.05, 0.1) is 11.2 Å². The molecule has 0 spiro atoms. The molecule has 0 saturated carbocycles. The molecule has 2 aromatic rings. The molecular weight excluding hydrogens is 308 g/mol. The number of nitrogens with zero attached hydrogens (tertiary/aromatic N) is 1. The molecule has 0 aliphatic rings. The number of benzene rings is 1. The highest BCUT2D eigenvalue weighted by molar-refractivity contribution is 9.10. The van der Waals surface area contributed by atoms with E-state index in [1.54, 1.807) is 18.3 Å². The van der Waals surface area contributed by atoms with Gasteiger partial charge in [0.2, 0.25) is 0 Å². The highest BCUT2D eigenvalue weighted by Crippen LogP contribution is 2.28. The largest absolute Gasteiger partial charge is 0.487 e. The molecule has 1 aromatic heterocycles. The molecule has 0 unspecified atom stereocenters. The smallest absolute Gasteiger partial charge is 0.141 e. The van der Waals surface area contributed by atoms with Gasteiger partial charge in [0.15, 0.2) is 0 Å². The summed E-state index contributed by atoms with van der Waals surface area (Å²) < 4.78 is 19.2. The predicted molar refractivity (Wildman–Crippen MR) is 67.7 cm³/mol. The Morgan fingerprint density at radius 3 is 2.88 bits per heavy atom. The summed E-state index contributed by atoms with van der Waals surface area (Å²) in [5, 5.41) is 0.512. The molecule has 0 saturated heterocycles. The van der Waals surface area contributed by atoms with Crippen molar-refractivity contribution in [2.45, 2.75) is 6.61 Å². The number of rotatable bonds is 3. The minimum absolute atomic E-state index is 0.223. The first-order valence-corrected chi connectivity index (χ1v) is 5.99. The fraction of sp³-hybridized carbons (Fsp3) is 0.0833. The Morgan fingerprint density at radius 2 is 2.12 bits per heavy atom. The van der Waals surface area contributed by atoms with E-state index in [2.05, 4.69) is 20.9 Å². The van der Waals surface area contributed by atoms with Crippen molar-refractivity contribution in [3.63, 3.8) is 0 Å². The lowest BCUT2D eigenvalue weighted by atomic mass is 10.3. The maximum Gasteiger partial charge on any atom is 0.141 e. The van der Waals surface area contributed by atoms with Gasteiger partial charge < -0.3 is 4.74 Å². The SMILES string of the molecule is Fc1cncc(COc2cc(Br)ccc2Cl)c1. The van der Waals surface area contributed by atoms with E-state index in [1.165, 1.54) is 6.07 Å². The number of aromatic nitrogens is 1. The fourth-order valence-corrected chi connectivity index (χ4v) is 1.80. The zero-order chi connectivity index (χ0) is 12.3. The Labute approximate surface area is 112 Å². The Bertz CT molecular complexity index is 536. The van der Waals surface area contributed by atoms with Crippen LogP contribution in [0.1, 0.15) is 5.56 Å². The monoisotopic (exact) mass is 315 g/mol. The third-order valence-corrected chi connectivity index (χ3v) is 2.85. The molecule has 0 bridgehead atoms. The number of hydrogen-bond acceptors (Lipinski definition) is 2. The molecule has 0 atom stereocenters. The molecule has 1 heterocycles. The van der Waals surface area contributed by atoms with E-state index in [0.29, 0.717) is 16.3 Å². The van der Waals surface area contributed by atoms with Crippen LogP contribution in [0.5, 0.6) is 5.75 Å². The lowest BCUT2D eigenvalue weighted by Gasteiger charge is -2.08. The first kappa shape index (κ1) is 12.3. The summed E-state index contributed by atoms with van der Waals surface area (Å²) in [4.78, 5) is 3.74. The second kappa shape index (κ2) is 5.47. The van der Waals surface area contributed by atoms with Gasteiger partial charge >= 0.3 is 0 Å². The maximum absolute atomic E-state index is 12.9. The lowest BCUT2D eigenvalue weighted by Crippen LogP contribution is -1.97. The molecule has 88 valence electrons. The van der Waals surface area contributed by atoms with E-state index in [9.17, 15) is 4.39 Å². The molecule has 0 radical (unpaired) electrons. The molecule has 17 heavy (non-hydrogen) atoms. The van der Waals surface area contributed by atoms with Crippen molar-refractivity contribution in [1.29, 1.82) is 0 Å². The first-order valence-electron chi connectivity index (χ1n) is 4.82. The summed E-state index contributed by atoms with van der Waals surface area (Å²) in [6.07, 6.45) is 2.70. The van der Waals surface area contributed by atoms with Crippen LogP contribution in [-0.4, -0.2) is 4.98 Å². The van der Waals surface area contributed by atoms with Crippen LogP contribution in [0, 0.1) is 5.82 Å². The van der Waals surface area contributed by atoms with Gasteiger partial charge in [-0.1, -0.05) is 27.5 Å². The second-order valence-electron chi connectivity index (χ2n) is 3.37. The van der Waals surface area contributed by atoms with Gasteiger partial charge in [-0.05, 0) is 24.3 Å². The summed E-state index contributed by atoms with van der Waals surface area (Å²) in [6, 6.07) is 6.68. The predicted octanol–water partition coefficient (Wildman–Crippen LogP) is 4.22. The van der Waals surface area contributed by atoms with Gasteiger partial charge in [-0.15, -0.1) is 0 Å². The van der Waals surface area contributed by atoms with Crippen molar-refractivity contribution in [3.05, 3.63) is 57.5 Å². The van der Waals surface area contributed by atoms with Crippen molar-refractivity contribution >= 4 is 27.5 Å². The Morgan fingerprint density at radius 1 is 1.29 bits per heavy atom. The Hall–Kier alpha value is -1.13. The third-order valence-electron chi connectivity index (χ3n) is 2.05. The Kier molecular flexibility index (Phi) is 3.97. The standard InChI is InChI=1S/C12H8BrClFNO/c13-9-1-2-11(14)12(4-9)17-7-8-3-10(15)6-16-5-8/h1-6H,7H2. The minimum Gasteiger partial charge on any atom is -0.487 e. The van der Waals surface area contributed by atoms with E-state index in [0.717, 1.165) is 10.7 Å². The highest BCUT2D eigenvalue weighted by atomic mass is 79.9. The van der Waals surface area contributed by atoms with Gasteiger partial charge in [0.1, 0.15) is 18.2 Å². The van der Waals surface area contributed by atoms with Crippen molar-refractivity contribution in [3.8, 4) is 5.75 Å². The van der Waals surface area contributed by atoms with Gasteiger partial charge in [0.25, 0.3) is 0 Å². The molecule has 0 amide bonds. The van der Waals surface area contributed by atoms with Gasteiger partial charge in [-0.3, -0.25) is 4.98 Å². The van der Waals surface area contributed by atoms with E-state index in [1.807, 2.05) is 6.07 Å². The minimum atomic E-state index is -0.383. The number of ether oxygens (including phenoxy) is 1. The average Bonchev–Trinajstić information content (AvgIpc) is 2.30. The maximum atomic E-state index is 12.9. The van der Waals surface area contributed by atoms with Gasteiger partial charge in [-0.2, -0.15) is 0 Å². The molecule has 0 fully saturated rings. The molecule has 2 nitrogen and oxygen atoms in total. The fourth-order valence-electron chi connectivity index (χ4n) is 1.28. The van der Waals surface area contributed by atoms with Crippen LogP contribution in [-0.2, 0) is 6.61 Å². The average molecular weight is 317 g/mol. The van der Waals surface area contributed by atoms with Crippen LogP contribution in [0.4, 0.5) is 4.39 Å². The van der Waals surface area contributed by atoms with Crippen LogP contribution < -0.4 is 4.74 Å². The Balaban J connectivity index is 2.09. The van der Waals surface area contributed by atoms with Crippen molar-refractivity contribution in [2.75, 3.05) is 0 Å². The van der Waals surface area contributed by atoms with Crippen molar-refractivity contribution in [1.82, 2.24) is 4.98 Å². The van der Waals surface area contributed by atoms with Crippen LogP contribution in [0.15, 0.2) is 41.1 Å². The molecule has 0 aliphatic heterocycles. The molecule has 1 aromatic carbocycles. The summed E-state index contributed by atoms with van der Waals surface area (Å²) in [5.74, 6) is 0.164. The zero-order valence-electron chi connectivity index (χ0n) is 8.66. The van der Waals surface area contributed by atoms with E-state index >= 15 is 0 Å². The highest BCUT2D eigenvalue weighted by Gasteiger charge is 2.03. The summed E-state index contributed by atoms with van der Waals surface area (Å²) in [5.41, 5.74) is 0.654. The van der Waals surface area contributed by atoms with E-state index in [4.69, 9.17) is 16.3 Å². The normalized spacial score (nSPS) is 10.3. The van der Waals surface area contributed by atoms with E-state index < -0.39 is 0 Å². The molecular formula is C12H8BrClFNO. The summed E-state index contributed by atoms with van der Waals surface area (Å²) in [7, 11) is 0. The summed E-state index contributed by atoms with van der Waals surface area (Å²) in [6.45, 7) is 0.223. The zero-order valence-corrected chi connectivity index (χ0v) is 11.0. The van der Waals surface area contributed by atoms with Crippen LogP contribution in [0.3, 0.4) is 0 Å². The topological polar surface area (TPSA) is 22.1 Å². The molecule has 0 N–H and O–H groups in total. The molecule has 0 aliphatic carbocycles. The van der Waals surface area contributed by atoms with Crippen molar-refractivity contribution < 1.29 is 9.13 Å². The first-order chi connectivity index (χ1) is 8.15. The number of halogens is 3. The third kappa shape index (κ3) is 3.41. The van der Waals surface area contributed by atoms with Crippen molar-refractivity contribution in [2.24, 2.45) is 0 Å². The molecule has 2 rings (SSSR count). The van der Waals surface area contributed by atoms with Gasteiger partial charge in [0, 0.05) is 16.2 Å². The van der Waals surface area contributed by atoms with Crippen LogP contribution in [0.25, 0.3) is 0 Å².